The molecule has 0 aliphatic carbocycles. The molecule has 0 unspecified atom stereocenters. The fourth-order valence-electron chi connectivity index (χ4n) is 1.75. The molecule has 8 heteroatoms. The van der Waals surface area contributed by atoms with E-state index in [9.17, 15) is 8.78 Å². The number of hydrogen-bond donors (Lipinski definition) is 2. The van der Waals surface area contributed by atoms with Gasteiger partial charge in [-0.3, -0.25) is 4.99 Å². The molecule has 2 N–H and O–H groups in total. The van der Waals surface area contributed by atoms with E-state index in [1.54, 1.807) is 13.1 Å². The molecule has 0 saturated heterocycles. The normalized spacial score (nSPS) is 12.7. The first kappa shape index (κ1) is 20.4. The summed E-state index contributed by atoms with van der Waals surface area (Å²) in [7, 11) is 5.64. The summed E-state index contributed by atoms with van der Waals surface area (Å²) in [5.74, 6) is 0.652. The zero-order valence-corrected chi connectivity index (χ0v) is 15.4. The molecule has 0 amide bonds. The van der Waals surface area contributed by atoms with Gasteiger partial charge in [0.15, 0.2) is 5.96 Å². The van der Waals surface area contributed by atoms with E-state index in [2.05, 4.69) is 39.1 Å². The highest BCUT2D eigenvalue weighted by Gasteiger charge is 2.20. The molecule has 0 saturated carbocycles. The minimum absolute atomic E-state index is 0.0718. The van der Waals surface area contributed by atoms with Gasteiger partial charge < -0.3 is 20.3 Å². The van der Waals surface area contributed by atoms with Crippen molar-refractivity contribution in [1.82, 2.24) is 15.5 Å². The first-order chi connectivity index (χ1) is 11.2. The molecule has 0 atom stereocenters. The zero-order chi connectivity index (χ0) is 18.3. The first-order valence-electron chi connectivity index (χ1n) is 7.51. The average Bonchev–Trinajstić information content (AvgIpc) is 2.49. The van der Waals surface area contributed by atoms with Crippen molar-refractivity contribution in [1.29, 1.82) is 0 Å². The van der Waals surface area contributed by atoms with Gasteiger partial charge in [0.1, 0.15) is 5.75 Å². The molecule has 0 fully saturated rings. The van der Waals surface area contributed by atoms with Crippen LogP contribution < -0.4 is 15.4 Å². The van der Waals surface area contributed by atoms with Crippen LogP contribution in [0.25, 0.3) is 0 Å². The van der Waals surface area contributed by atoms with Crippen molar-refractivity contribution in [2.24, 2.45) is 4.99 Å². The van der Waals surface area contributed by atoms with Crippen LogP contribution in [0.5, 0.6) is 5.75 Å². The summed E-state index contributed by atoms with van der Waals surface area (Å²) < 4.78 is 29.5. The van der Waals surface area contributed by atoms with Gasteiger partial charge in [-0.2, -0.15) is 8.78 Å². The second kappa shape index (κ2) is 9.03. The van der Waals surface area contributed by atoms with Crippen molar-refractivity contribution in [3.05, 3.63) is 28.8 Å². The predicted molar refractivity (Wildman–Crippen MR) is 94.1 cm³/mol. The van der Waals surface area contributed by atoms with Crippen molar-refractivity contribution in [2.75, 3.05) is 27.7 Å². The highest BCUT2D eigenvalue weighted by atomic mass is 35.5. The van der Waals surface area contributed by atoms with Crippen LogP contribution in [-0.4, -0.2) is 50.7 Å². The summed E-state index contributed by atoms with van der Waals surface area (Å²) in [6.07, 6.45) is 0. The maximum absolute atomic E-state index is 12.5. The number of likely N-dealkylation sites (N-methyl/N-ethyl adjacent to an activating group) is 1. The van der Waals surface area contributed by atoms with E-state index in [4.69, 9.17) is 11.6 Å². The number of ether oxygens (including phenoxy) is 1. The first-order valence-corrected chi connectivity index (χ1v) is 7.88. The number of nitrogens with zero attached hydrogens (tertiary/aromatic N) is 2. The lowest BCUT2D eigenvalue weighted by molar-refractivity contribution is -0.0504. The van der Waals surface area contributed by atoms with E-state index >= 15 is 0 Å². The Labute approximate surface area is 147 Å². The molecule has 0 bridgehead atoms. The van der Waals surface area contributed by atoms with E-state index in [0.717, 1.165) is 0 Å². The molecule has 0 heterocycles. The van der Waals surface area contributed by atoms with Gasteiger partial charge in [0, 0.05) is 36.3 Å². The van der Waals surface area contributed by atoms with Crippen LogP contribution in [0, 0.1) is 0 Å². The van der Waals surface area contributed by atoms with Crippen LogP contribution in [-0.2, 0) is 6.54 Å². The fraction of sp³-hybridized carbons (Fsp3) is 0.562. The quantitative estimate of drug-likeness (QED) is 0.578. The molecule has 5 nitrogen and oxygen atoms in total. The Morgan fingerprint density at radius 1 is 1.33 bits per heavy atom. The second-order valence-electron chi connectivity index (χ2n) is 6.12. The summed E-state index contributed by atoms with van der Waals surface area (Å²) in [5, 5.41) is 6.74. The monoisotopic (exact) mass is 362 g/mol. The molecule has 0 spiro atoms. The summed E-state index contributed by atoms with van der Waals surface area (Å²) >= 11 is 5.94. The maximum Gasteiger partial charge on any atom is 0.387 e. The number of halogens is 3. The fourth-order valence-corrected chi connectivity index (χ4v) is 1.95. The summed E-state index contributed by atoms with van der Waals surface area (Å²) in [6, 6.07) is 4.52. The topological polar surface area (TPSA) is 48.9 Å². The average molecular weight is 363 g/mol. The molecular weight excluding hydrogens is 338 g/mol. The van der Waals surface area contributed by atoms with Crippen LogP contribution in [0.1, 0.15) is 19.4 Å². The third kappa shape index (κ3) is 6.49. The van der Waals surface area contributed by atoms with Crippen LogP contribution in [0.4, 0.5) is 8.78 Å². The Morgan fingerprint density at radius 2 is 2.00 bits per heavy atom. The van der Waals surface area contributed by atoms with Gasteiger partial charge in [0.25, 0.3) is 0 Å². The minimum Gasteiger partial charge on any atom is -0.434 e. The van der Waals surface area contributed by atoms with Gasteiger partial charge in [-0.05, 0) is 46.1 Å². The van der Waals surface area contributed by atoms with Gasteiger partial charge in [-0.1, -0.05) is 11.6 Å². The van der Waals surface area contributed by atoms with E-state index < -0.39 is 6.61 Å². The number of alkyl halides is 2. The molecule has 0 aromatic heterocycles. The standard InChI is InChI=1S/C16H25ClF2N4O/c1-16(2,23(4)5)10-22-15(20-3)21-9-11-8-12(17)6-7-13(11)24-14(18)19/h6-8,14H,9-10H2,1-5H3,(H2,20,21,22). The Morgan fingerprint density at radius 3 is 2.54 bits per heavy atom. The lowest BCUT2D eigenvalue weighted by atomic mass is 10.0. The van der Waals surface area contributed by atoms with Gasteiger partial charge in [0.05, 0.1) is 0 Å². The van der Waals surface area contributed by atoms with E-state index in [1.807, 2.05) is 14.1 Å². The molecule has 0 aliphatic heterocycles. The molecule has 0 radical (unpaired) electrons. The number of hydrogen-bond acceptors (Lipinski definition) is 3. The van der Waals surface area contributed by atoms with E-state index in [-0.39, 0.29) is 17.8 Å². The van der Waals surface area contributed by atoms with E-state index in [1.165, 1.54) is 12.1 Å². The Balaban J connectivity index is 2.71. The van der Waals surface area contributed by atoms with Crippen molar-refractivity contribution >= 4 is 17.6 Å². The Kier molecular flexibility index (Phi) is 7.69. The number of guanidine groups is 1. The van der Waals surface area contributed by atoms with Crippen molar-refractivity contribution in [2.45, 2.75) is 32.5 Å². The number of benzene rings is 1. The summed E-state index contributed by atoms with van der Waals surface area (Å²) in [6.45, 7) is 2.22. The molecule has 1 aromatic rings. The lowest BCUT2D eigenvalue weighted by Gasteiger charge is -2.33. The zero-order valence-electron chi connectivity index (χ0n) is 14.7. The lowest BCUT2D eigenvalue weighted by Crippen LogP contribution is -2.50. The van der Waals surface area contributed by atoms with E-state index in [0.29, 0.717) is 23.1 Å². The van der Waals surface area contributed by atoms with Gasteiger partial charge in [0.2, 0.25) is 0 Å². The Hall–Kier alpha value is -1.60. The Bertz CT molecular complexity index is 565. The van der Waals surface area contributed by atoms with Crippen LogP contribution in [0.15, 0.2) is 23.2 Å². The summed E-state index contributed by atoms with van der Waals surface area (Å²) in [4.78, 5) is 6.23. The predicted octanol–water partition coefficient (Wildman–Crippen LogP) is 2.95. The largest absolute Gasteiger partial charge is 0.434 e. The minimum atomic E-state index is -2.89. The number of aliphatic imine (C=N–C) groups is 1. The van der Waals surface area contributed by atoms with Crippen LogP contribution in [0.3, 0.4) is 0 Å². The smallest absolute Gasteiger partial charge is 0.387 e. The maximum atomic E-state index is 12.5. The third-order valence-corrected chi connectivity index (χ3v) is 4.04. The number of rotatable bonds is 7. The van der Waals surface area contributed by atoms with Crippen LogP contribution in [0.2, 0.25) is 5.02 Å². The van der Waals surface area contributed by atoms with Crippen molar-refractivity contribution < 1.29 is 13.5 Å². The third-order valence-electron chi connectivity index (χ3n) is 3.81. The molecule has 136 valence electrons. The summed E-state index contributed by atoms with van der Waals surface area (Å²) in [5.41, 5.74) is 0.454. The van der Waals surface area contributed by atoms with Gasteiger partial charge >= 0.3 is 6.61 Å². The van der Waals surface area contributed by atoms with Gasteiger partial charge in [-0.15, -0.1) is 0 Å². The van der Waals surface area contributed by atoms with Crippen molar-refractivity contribution in [3.8, 4) is 5.75 Å². The van der Waals surface area contributed by atoms with Crippen molar-refractivity contribution in [3.63, 3.8) is 0 Å². The highest BCUT2D eigenvalue weighted by molar-refractivity contribution is 6.30. The molecule has 1 aromatic carbocycles. The highest BCUT2D eigenvalue weighted by Crippen LogP contribution is 2.24. The second-order valence-corrected chi connectivity index (χ2v) is 6.55. The molecule has 0 aliphatic rings. The molecule has 1 rings (SSSR count). The molecular formula is C16H25ClF2N4O. The molecule has 24 heavy (non-hydrogen) atoms. The number of nitrogens with one attached hydrogen (secondary N) is 2. The SMILES string of the molecule is CN=C(NCc1cc(Cl)ccc1OC(F)F)NCC(C)(C)N(C)C. The van der Waals surface area contributed by atoms with Gasteiger partial charge in [-0.25, -0.2) is 0 Å². The van der Waals surface area contributed by atoms with Crippen LogP contribution >= 0.6 is 11.6 Å².